The van der Waals surface area contributed by atoms with Crippen LogP contribution in [0.4, 0.5) is 25.8 Å². The lowest BCUT2D eigenvalue weighted by atomic mass is 9.96. The van der Waals surface area contributed by atoms with Gasteiger partial charge in [-0.1, -0.05) is 6.07 Å². The van der Waals surface area contributed by atoms with Crippen LogP contribution in [0.5, 0.6) is 5.75 Å². The number of carbonyl (C=O) groups is 2. The van der Waals surface area contributed by atoms with Crippen LogP contribution in [0.25, 0.3) is 0 Å². The summed E-state index contributed by atoms with van der Waals surface area (Å²) in [6.45, 7) is -0.572. The third-order valence-electron chi connectivity index (χ3n) is 6.06. The van der Waals surface area contributed by atoms with E-state index in [2.05, 4.69) is 20.9 Å². The maximum atomic E-state index is 14.8. The molecule has 37 heavy (non-hydrogen) atoms. The van der Waals surface area contributed by atoms with Gasteiger partial charge in [-0.25, -0.2) is 8.78 Å². The summed E-state index contributed by atoms with van der Waals surface area (Å²) in [7, 11) is 1.49. The molecule has 5 N–H and O–H groups in total. The third kappa shape index (κ3) is 5.95. The SMILES string of the molecule is COc1ccc(Nc2ccc(CNC(=O)[C@]3(NC(=O)c4cncc(N)c4)CCOC3)c(F)c2)c(CF)c1. The predicted octanol–water partition coefficient (Wildman–Crippen LogP) is 3.23. The van der Waals surface area contributed by atoms with Crippen LogP contribution in [0.1, 0.15) is 27.9 Å². The van der Waals surface area contributed by atoms with Gasteiger partial charge in [-0.2, -0.15) is 0 Å². The highest BCUT2D eigenvalue weighted by Crippen LogP contribution is 2.27. The quantitative estimate of drug-likeness (QED) is 0.347. The first-order valence-electron chi connectivity index (χ1n) is 11.5. The summed E-state index contributed by atoms with van der Waals surface area (Å²) in [6, 6.07) is 10.7. The van der Waals surface area contributed by atoms with Crippen LogP contribution in [0.2, 0.25) is 0 Å². The smallest absolute Gasteiger partial charge is 0.253 e. The Hall–Kier alpha value is -4.25. The maximum Gasteiger partial charge on any atom is 0.253 e. The zero-order valence-corrected chi connectivity index (χ0v) is 20.1. The average Bonchev–Trinajstić information content (AvgIpc) is 3.38. The number of aromatic nitrogens is 1. The van der Waals surface area contributed by atoms with Crippen LogP contribution >= 0.6 is 0 Å². The molecule has 2 amide bonds. The first-order valence-corrected chi connectivity index (χ1v) is 11.5. The molecule has 1 aromatic heterocycles. The fraction of sp³-hybridized carbons (Fsp3) is 0.269. The van der Waals surface area contributed by atoms with Gasteiger partial charge in [-0.15, -0.1) is 0 Å². The van der Waals surface area contributed by atoms with Crippen molar-refractivity contribution in [3.63, 3.8) is 0 Å². The fourth-order valence-corrected chi connectivity index (χ4v) is 3.97. The molecule has 11 heteroatoms. The molecule has 194 valence electrons. The van der Waals surface area contributed by atoms with Crippen molar-refractivity contribution in [1.82, 2.24) is 15.6 Å². The minimum Gasteiger partial charge on any atom is -0.497 e. The number of hydrogen-bond donors (Lipinski definition) is 4. The number of carbonyl (C=O) groups excluding carboxylic acids is 2. The number of alkyl halides is 1. The maximum absolute atomic E-state index is 14.8. The molecule has 1 aliphatic heterocycles. The van der Waals surface area contributed by atoms with Gasteiger partial charge in [-0.3, -0.25) is 14.6 Å². The molecule has 1 atom stereocenters. The monoisotopic (exact) mass is 511 g/mol. The van der Waals surface area contributed by atoms with Gasteiger partial charge in [0.05, 0.1) is 25.0 Å². The summed E-state index contributed by atoms with van der Waals surface area (Å²) in [5, 5.41) is 8.42. The van der Waals surface area contributed by atoms with E-state index in [1.165, 1.54) is 37.7 Å². The van der Waals surface area contributed by atoms with E-state index < -0.39 is 29.8 Å². The number of rotatable bonds is 9. The molecule has 1 aliphatic rings. The predicted molar refractivity (Wildman–Crippen MR) is 134 cm³/mol. The van der Waals surface area contributed by atoms with E-state index in [1.54, 1.807) is 24.3 Å². The number of halogens is 2. The number of benzene rings is 2. The highest BCUT2D eigenvalue weighted by molar-refractivity contribution is 5.99. The zero-order chi connectivity index (χ0) is 26.4. The molecule has 1 saturated heterocycles. The second-order valence-electron chi connectivity index (χ2n) is 8.62. The van der Waals surface area contributed by atoms with E-state index in [9.17, 15) is 18.4 Å². The number of hydrogen-bond acceptors (Lipinski definition) is 7. The standard InChI is InChI=1S/C26H27F2N5O4/c1-36-21-4-5-23(17(9-21)11-27)32-20-3-2-16(22(28)10-20)13-31-25(35)26(6-7-37-15-26)33-24(34)18-8-19(29)14-30-12-18/h2-5,8-10,12,14,32H,6-7,11,13,15,29H2,1H3,(H,31,35)(H,33,34)/t26-/m0/s1. The first kappa shape index (κ1) is 25.8. The fourth-order valence-electron chi connectivity index (χ4n) is 3.97. The second-order valence-corrected chi connectivity index (χ2v) is 8.62. The summed E-state index contributed by atoms with van der Waals surface area (Å²) in [4.78, 5) is 29.7. The van der Waals surface area contributed by atoms with Crippen LogP contribution in [0, 0.1) is 5.82 Å². The van der Waals surface area contributed by atoms with Gasteiger partial charge in [0.1, 0.15) is 23.8 Å². The molecule has 9 nitrogen and oxygen atoms in total. The van der Waals surface area contributed by atoms with Crippen molar-refractivity contribution >= 4 is 28.9 Å². The van der Waals surface area contributed by atoms with Gasteiger partial charge in [0.25, 0.3) is 5.91 Å². The third-order valence-corrected chi connectivity index (χ3v) is 6.06. The molecule has 0 unspecified atom stereocenters. The van der Waals surface area contributed by atoms with E-state index in [0.29, 0.717) is 28.4 Å². The van der Waals surface area contributed by atoms with Crippen LogP contribution < -0.4 is 26.4 Å². The van der Waals surface area contributed by atoms with E-state index in [4.69, 9.17) is 15.2 Å². The largest absolute Gasteiger partial charge is 0.497 e. The molecule has 1 fully saturated rings. The molecule has 2 aromatic carbocycles. The topological polar surface area (TPSA) is 128 Å². The minimum atomic E-state index is -1.31. The molecule has 3 aromatic rings. The van der Waals surface area contributed by atoms with Crippen molar-refractivity contribution in [2.45, 2.75) is 25.2 Å². The van der Waals surface area contributed by atoms with Crippen LogP contribution in [0.15, 0.2) is 54.9 Å². The van der Waals surface area contributed by atoms with Crippen LogP contribution in [-0.4, -0.2) is 42.7 Å². The number of nitrogens with two attached hydrogens (primary N) is 1. The lowest BCUT2D eigenvalue weighted by molar-refractivity contribution is -0.127. The Balaban J connectivity index is 1.42. The van der Waals surface area contributed by atoms with Crippen LogP contribution in [-0.2, 0) is 22.8 Å². The van der Waals surface area contributed by atoms with Crippen molar-refractivity contribution in [2.24, 2.45) is 0 Å². The number of methoxy groups -OCH3 is 1. The highest BCUT2D eigenvalue weighted by Gasteiger charge is 2.43. The Labute approximate surface area is 212 Å². The van der Waals surface area contributed by atoms with Gasteiger partial charge in [0.2, 0.25) is 5.91 Å². The Kier molecular flexibility index (Phi) is 7.83. The summed E-state index contributed by atoms with van der Waals surface area (Å²) in [5.74, 6) is -1.07. The number of ether oxygens (including phenoxy) is 2. The molecule has 0 radical (unpaired) electrons. The van der Waals surface area contributed by atoms with Crippen molar-refractivity contribution in [3.05, 3.63) is 77.4 Å². The number of anilines is 3. The summed E-state index contributed by atoms with van der Waals surface area (Å²) in [6.07, 6.45) is 3.01. The van der Waals surface area contributed by atoms with Gasteiger partial charge in [0.15, 0.2) is 0 Å². The van der Waals surface area contributed by atoms with Crippen molar-refractivity contribution in [3.8, 4) is 5.75 Å². The van der Waals surface area contributed by atoms with Crippen molar-refractivity contribution < 1.29 is 27.8 Å². The Morgan fingerprint density at radius 1 is 1.16 bits per heavy atom. The minimum absolute atomic E-state index is 0.0234. The van der Waals surface area contributed by atoms with Gasteiger partial charge >= 0.3 is 0 Å². The van der Waals surface area contributed by atoms with E-state index in [1.807, 2.05) is 0 Å². The van der Waals surface area contributed by atoms with E-state index >= 15 is 0 Å². The van der Waals surface area contributed by atoms with Crippen LogP contribution in [0.3, 0.4) is 0 Å². The molecule has 2 heterocycles. The lowest BCUT2D eigenvalue weighted by Crippen LogP contribution is -2.59. The number of nitrogens with one attached hydrogen (secondary N) is 3. The second kappa shape index (κ2) is 11.2. The highest BCUT2D eigenvalue weighted by atomic mass is 19.1. The molecular weight excluding hydrogens is 484 g/mol. The van der Waals surface area contributed by atoms with Crippen molar-refractivity contribution in [1.29, 1.82) is 0 Å². The number of nitrogens with zero attached hydrogens (tertiary/aromatic N) is 1. The zero-order valence-electron chi connectivity index (χ0n) is 20.1. The Bertz CT molecular complexity index is 1300. The van der Waals surface area contributed by atoms with Crippen molar-refractivity contribution in [2.75, 3.05) is 31.4 Å². The van der Waals surface area contributed by atoms with Gasteiger partial charge < -0.3 is 31.2 Å². The number of pyridine rings is 1. The summed E-state index contributed by atoms with van der Waals surface area (Å²) < 4.78 is 38.8. The average molecular weight is 512 g/mol. The molecule has 0 bridgehead atoms. The summed E-state index contributed by atoms with van der Waals surface area (Å²) in [5.41, 5.74) is 6.42. The van der Waals surface area contributed by atoms with E-state index in [0.717, 1.165) is 0 Å². The van der Waals surface area contributed by atoms with E-state index in [-0.39, 0.29) is 37.3 Å². The molecule has 4 rings (SSSR count). The lowest BCUT2D eigenvalue weighted by Gasteiger charge is -2.27. The number of amides is 2. The molecule has 0 spiro atoms. The van der Waals surface area contributed by atoms with Gasteiger partial charge in [-0.05, 0) is 36.4 Å². The summed E-state index contributed by atoms with van der Waals surface area (Å²) >= 11 is 0. The first-order chi connectivity index (χ1) is 17.8. The Morgan fingerprint density at radius 2 is 2.00 bits per heavy atom. The molecular formula is C26H27F2N5O4. The molecule has 0 saturated carbocycles. The van der Waals surface area contributed by atoms with Gasteiger partial charge in [0, 0.05) is 54.5 Å². The molecule has 0 aliphatic carbocycles. The normalized spacial score (nSPS) is 16.7. The Morgan fingerprint density at radius 3 is 2.68 bits per heavy atom. The number of nitrogen functional groups attached to an aromatic ring is 1.